The van der Waals surface area contributed by atoms with Gasteiger partial charge in [-0.15, -0.1) is 0 Å². The molecule has 72 heavy (non-hydrogen) atoms. The van der Waals surface area contributed by atoms with Crippen molar-refractivity contribution in [3.63, 3.8) is 0 Å². The number of carbonyl (C=O) groups is 1. The quantitative estimate of drug-likeness (QED) is 0.0610. The molecular formula is C58H53NiO10P3. The van der Waals surface area contributed by atoms with Gasteiger partial charge in [-0.05, 0) is 130 Å². The van der Waals surface area contributed by atoms with Gasteiger partial charge in [0.15, 0.2) is 0 Å². The zero-order valence-electron chi connectivity index (χ0n) is 39.7. The van der Waals surface area contributed by atoms with Crippen LogP contribution in [-0.4, -0.2) is 6.79 Å². The average molecular weight is 1060 g/mol. The molecule has 0 fully saturated rings. The number of benzene rings is 9. The maximum atomic E-state index is 8.00. The van der Waals surface area contributed by atoms with E-state index in [4.69, 9.17) is 45.5 Å². The molecule has 9 aromatic carbocycles. The number of carbonyl (C=O) groups excluding carboxylic acids is 1. The van der Waals surface area contributed by atoms with Crippen LogP contribution < -0.4 is 40.7 Å². The van der Waals surface area contributed by atoms with Crippen molar-refractivity contribution in [3.05, 3.63) is 271 Å². The van der Waals surface area contributed by atoms with E-state index in [9.17, 15) is 0 Å². The first-order valence-electron chi connectivity index (χ1n) is 22.2. The third-order valence-electron chi connectivity index (χ3n) is 9.14. The summed E-state index contributed by atoms with van der Waals surface area (Å²) in [7, 11) is -4.80. The predicted molar refractivity (Wildman–Crippen MR) is 286 cm³/mol. The second-order valence-corrected chi connectivity index (χ2v) is 17.8. The minimum Gasteiger partial charge on any atom is -0.409 e. The topological polar surface area (TPSA) is 100 Å². The van der Waals surface area contributed by atoms with E-state index < -0.39 is 25.8 Å². The number of hydrogen-bond acceptors (Lipinski definition) is 10. The Bertz CT molecular complexity index is 2360. The van der Waals surface area contributed by atoms with Gasteiger partial charge in [-0.3, -0.25) is 0 Å². The van der Waals surface area contributed by atoms with Gasteiger partial charge in [-0.2, -0.15) is 0 Å². The van der Waals surface area contributed by atoms with E-state index in [1.807, 2.05) is 282 Å². The van der Waals surface area contributed by atoms with Gasteiger partial charge in [-0.25, -0.2) is 0 Å². The number of rotatable bonds is 18. The van der Waals surface area contributed by atoms with Crippen LogP contribution >= 0.6 is 25.8 Å². The summed E-state index contributed by atoms with van der Waals surface area (Å²) in [6.07, 6.45) is 0. The molecule has 10 nitrogen and oxygen atoms in total. The van der Waals surface area contributed by atoms with E-state index in [2.05, 4.69) is 0 Å². The van der Waals surface area contributed by atoms with Crippen LogP contribution in [0.5, 0.6) is 51.7 Å². The normalized spacial score (nSPS) is 9.97. The predicted octanol–water partition coefficient (Wildman–Crippen LogP) is 17.1. The van der Waals surface area contributed by atoms with E-state index in [0.29, 0.717) is 34.5 Å². The summed E-state index contributed by atoms with van der Waals surface area (Å²) in [5, 5.41) is 0. The summed E-state index contributed by atoms with van der Waals surface area (Å²) in [6.45, 7) is 8.12. The molecular weight excluding hydrogens is 1010 g/mol. The van der Waals surface area contributed by atoms with Gasteiger partial charge < -0.3 is 45.5 Å². The largest absolute Gasteiger partial charge is 0.530 e. The molecule has 0 saturated heterocycles. The van der Waals surface area contributed by atoms with Crippen molar-refractivity contribution in [2.45, 2.75) is 20.8 Å². The van der Waals surface area contributed by atoms with E-state index in [-0.39, 0.29) is 16.5 Å². The Morgan fingerprint density at radius 1 is 0.222 bits per heavy atom. The maximum Gasteiger partial charge on any atom is 0.530 e. The van der Waals surface area contributed by atoms with Crippen LogP contribution in [0.3, 0.4) is 0 Å². The second-order valence-electron chi connectivity index (χ2n) is 14.8. The zero-order valence-corrected chi connectivity index (χ0v) is 43.4. The molecule has 0 aliphatic rings. The summed E-state index contributed by atoms with van der Waals surface area (Å²) in [5.41, 5.74) is 3.53. The molecule has 0 spiro atoms. The van der Waals surface area contributed by atoms with E-state index in [1.165, 1.54) is 16.7 Å². The van der Waals surface area contributed by atoms with Crippen LogP contribution in [0.2, 0.25) is 0 Å². The Morgan fingerprint density at radius 2 is 0.347 bits per heavy atom. The first-order valence-corrected chi connectivity index (χ1v) is 25.5. The monoisotopic (exact) mass is 1060 g/mol. The Kier molecular flexibility index (Phi) is 24.5. The van der Waals surface area contributed by atoms with Crippen LogP contribution in [0, 0.1) is 20.8 Å². The van der Waals surface area contributed by atoms with Crippen LogP contribution in [0.4, 0.5) is 0 Å². The molecule has 370 valence electrons. The molecule has 0 aliphatic carbocycles. The third kappa shape index (κ3) is 20.9. The Labute approximate surface area is 436 Å². The van der Waals surface area contributed by atoms with Crippen LogP contribution in [-0.2, 0) is 21.3 Å². The molecule has 0 atom stereocenters. The molecule has 14 heteroatoms. The molecule has 0 aromatic heterocycles. The molecule has 0 saturated carbocycles. The van der Waals surface area contributed by atoms with Gasteiger partial charge >= 0.3 is 25.8 Å². The van der Waals surface area contributed by atoms with Crippen molar-refractivity contribution >= 4 is 32.6 Å². The molecule has 0 radical (unpaired) electrons. The average Bonchev–Trinajstić information content (AvgIpc) is 3.41. The maximum absolute atomic E-state index is 8.00. The molecule has 0 unspecified atom stereocenters. The SMILES string of the molecule is C=O.Cc1ccc(OP(Oc2ccc(C)cc2)Oc2ccc(C)cc2)cc1.[Ni].c1ccc(OP(Oc2ccccc2)Oc2ccccc2)cc1.c1ccc(OP(Oc2ccccc2)Oc2ccccc2)cc1. The number of aryl methyl sites for hydroxylation is 3. The molecule has 0 N–H and O–H groups in total. The summed E-state index contributed by atoms with van der Waals surface area (Å²) in [6, 6.07) is 80.5. The fraction of sp³-hybridized carbons (Fsp3) is 0.0517. The standard InChI is InChI=1S/C21H21O3P.2C18H15O3P.CH2O.Ni/c1-16-4-10-19(11-5-16)22-25(23-20-12-6-17(2)7-13-20)24-21-14-8-18(3)9-15-21;2*1-4-10-16(11-5-1)19-22(20-17-12-6-2-7-13-17)21-18-14-8-3-9-15-18;1-2;/h4-15H,1-3H3;2*1-15H;1H2;. The minimum absolute atomic E-state index is 0. The Hall–Kier alpha value is -7.37. The van der Waals surface area contributed by atoms with Gasteiger partial charge in [0, 0.05) is 16.5 Å². The molecule has 0 heterocycles. The first kappa shape index (κ1) is 55.6. The van der Waals surface area contributed by atoms with Gasteiger partial charge in [0.2, 0.25) is 0 Å². The smallest absolute Gasteiger partial charge is 0.409 e. The van der Waals surface area contributed by atoms with Gasteiger partial charge in [0.1, 0.15) is 58.5 Å². The van der Waals surface area contributed by atoms with E-state index in [0.717, 1.165) is 17.2 Å². The zero-order chi connectivity index (χ0) is 49.7. The minimum atomic E-state index is -1.62. The van der Waals surface area contributed by atoms with Gasteiger partial charge in [-0.1, -0.05) is 162 Å². The van der Waals surface area contributed by atoms with Crippen molar-refractivity contribution in [3.8, 4) is 51.7 Å². The molecule has 0 aliphatic heterocycles. The van der Waals surface area contributed by atoms with Gasteiger partial charge in [0.05, 0.1) is 0 Å². The van der Waals surface area contributed by atoms with E-state index >= 15 is 0 Å². The molecule has 9 rings (SSSR count). The summed E-state index contributed by atoms with van der Waals surface area (Å²) in [5.74, 6) is 6.41. The third-order valence-corrected chi connectivity index (χ3v) is 12.4. The van der Waals surface area contributed by atoms with Crippen LogP contribution in [0.15, 0.2) is 255 Å². The summed E-state index contributed by atoms with van der Waals surface area (Å²) in [4.78, 5) is 8.00. The summed E-state index contributed by atoms with van der Waals surface area (Å²) < 4.78 is 52.9. The number of hydrogen-bond donors (Lipinski definition) is 0. The fourth-order valence-corrected chi connectivity index (χ4v) is 8.61. The van der Waals surface area contributed by atoms with Crippen molar-refractivity contribution in [2.75, 3.05) is 0 Å². The van der Waals surface area contributed by atoms with Crippen molar-refractivity contribution in [1.82, 2.24) is 0 Å². The van der Waals surface area contributed by atoms with E-state index in [1.54, 1.807) is 0 Å². The van der Waals surface area contributed by atoms with Gasteiger partial charge in [0.25, 0.3) is 0 Å². The first-order chi connectivity index (χ1) is 34.9. The molecule has 0 amide bonds. The second kappa shape index (κ2) is 31.8. The van der Waals surface area contributed by atoms with Crippen molar-refractivity contribution in [2.24, 2.45) is 0 Å². The van der Waals surface area contributed by atoms with Crippen LogP contribution in [0.25, 0.3) is 0 Å². The molecule has 9 aromatic rings. The summed E-state index contributed by atoms with van der Waals surface area (Å²) >= 11 is 0. The molecule has 0 bridgehead atoms. The van der Waals surface area contributed by atoms with Crippen molar-refractivity contribution in [1.29, 1.82) is 0 Å². The Morgan fingerprint density at radius 3 is 0.486 bits per heavy atom. The van der Waals surface area contributed by atoms with Crippen LogP contribution in [0.1, 0.15) is 16.7 Å². The number of para-hydroxylation sites is 6. The fourth-order valence-electron chi connectivity index (χ4n) is 5.63. The Balaban J connectivity index is 0.000000196. The van der Waals surface area contributed by atoms with Crippen molar-refractivity contribution < 1.29 is 62.0 Å².